The first-order chi connectivity index (χ1) is 8.31. The number of piperidine rings is 1. The Morgan fingerprint density at radius 3 is 2.47 bits per heavy atom. The van der Waals surface area contributed by atoms with Crippen molar-refractivity contribution in [3.63, 3.8) is 0 Å². The Hall–Kier alpha value is -0.120. The van der Waals surface area contributed by atoms with E-state index < -0.39 is 0 Å². The summed E-state index contributed by atoms with van der Waals surface area (Å²) in [6, 6.07) is 1.49. The molecule has 0 aromatic carbocycles. The monoisotopic (exact) mass is 240 g/mol. The van der Waals surface area contributed by atoms with E-state index in [2.05, 4.69) is 17.1 Å². The quantitative estimate of drug-likeness (QED) is 0.769. The predicted molar refractivity (Wildman–Crippen MR) is 71.3 cm³/mol. The van der Waals surface area contributed by atoms with Crippen molar-refractivity contribution in [2.45, 2.75) is 63.6 Å². The molecule has 0 bridgehead atoms. The van der Waals surface area contributed by atoms with Gasteiger partial charge >= 0.3 is 0 Å². The van der Waals surface area contributed by atoms with Gasteiger partial charge in [0.15, 0.2) is 0 Å². The van der Waals surface area contributed by atoms with E-state index in [1.165, 1.54) is 58.2 Å². The fourth-order valence-corrected chi connectivity index (χ4v) is 2.93. The SMILES string of the molecule is CCCCN1CCC(NC2CC(OC)C2)CC1. The van der Waals surface area contributed by atoms with Gasteiger partial charge in [0.1, 0.15) is 0 Å². The lowest BCUT2D eigenvalue weighted by molar-refractivity contribution is 0.0114. The van der Waals surface area contributed by atoms with Crippen molar-refractivity contribution in [1.82, 2.24) is 10.2 Å². The minimum Gasteiger partial charge on any atom is -0.381 e. The third-order valence-corrected chi connectivity index (χ3v) is 4.32. The fraction of sp³-hybridized carbons (Fsp3) is 1.00. The fourth-order valence-electron chi connectivity index (χ4n) is 2.93. The Kier molecular flexibility index (Phi) is 5.26. The van der Waals surface area contributed by atoms with Crippen LogP contribution in [0.2, 0.25) is 0 Å². The number of ether oxygens (including phenoxy) is 1. The van der Waals surface area contributed by atoms with E-state index in [4.69, 9.17) is 4.74 Å². The summed E-state index contributed by atoms with van der Waals surface area (Å²) in [5.41, 5.74) is 0. The highest BCUT2D eigenvalue weighted by molar-refractivity contribution is 4.89. The molecule has 2 fully saturated rings. The highest BCUT2D eigenvalue weighted by Crippen LogP contribution is 2.24. The summed E-state index contributed by atoms with van der Waals surface area (Å²) < 4.78 is 5.32. The molecule has 3 heteroatoms. The minimum absolute atomic E-state index is 0.525. The topological polar surface area (TPSA) is 24.5 Å². The third kappa shape index (κ3) is 3.94. The van der Waals surface area contributed by atoms with Crippen molar-refractivity contribution in [2.75, 3.05) is 26.7 Å². The largest absolute Gasteiger partial charge is 0.381 e. The highest BCUT2D eigenvalue weighted by atomic mass is 16.5. The summed E-state index contributed by atoms with van der Waals surface area (Å²) in [6.07, 6.45) is 8.29. The van der Waals surface area contributed by atoms with Gasteiger partial charge in [-0.1, -0.05) is 13.3 Å². The molecule has 0 amide bonds. The molecule has 1 aliphatic heterocycles. The van der Waals surface area contributed by atoms with Crippen LogP contribution in [0.1, 0.15) is 45.4 Å². The Balaban J connectivity index is 1.56. The standard InChI is InChI=1S/C14H28N2O/c1-3-4-7-16-8-5-12(6-9-16)15-13-10-14(11-13)17-2/h12-15H,3-11H2,1-2H3. The zero-order valence-electron chi connectivity index (χ0n) is 11.5. The van der Waals surface area contributed by atoms with Crippen LogP contribution in [-0.4, -0.2) is 49.8 Å². The number of methoxy groups -OCH3 is 1. The molecule has 1 saturated carbocycles. The molecule has 100 valence electrons. The zero-order chi connectivity index (χ0) is 12.1. The second kappa shape index (κ2) is 6.72. The maximum Gasteiger partial charge on any atom is 0.0601 e. The second-order valence-corrected chi connectivity index (χ2v) is 5.66. The zero-order valence-corrected chi connectivity index (χ0v) is 11.5. The Labute approximate surface area is 106 Å². The molecule has 1 saturated heterocycles. The number of unbranched alkanes of at least 4 members (excludes halogenated alkanes) is 1. The van der Waals surface area contributed by atoms with Crippen LogP contribution in [-0.2, 0) is 4.74 Å². The van der Waals surface area contributed by atoms with E-state index in [0.29, 0.717) is 6.10 Å². The average Bonchev–Trinajstić information content (AvgIpc) is 2.32. The van der Waals surface area contributed by atoms with Crippen LogP contribution in [0.3, 0.4) is 0 Å². The first kappa shape index (κ1) is 13.3. The van der Waals surface area contributed by atoms with Gasteiger partial charge in [-0.2, -0.15) is 0 Å². The van der Waals surface area contributed by atoms with E-state index in [9.17, 15) is 0 Å². The van der Waals surface area contributed by atoms with E-state index in [1.54, 1.807) is 0 Å². The molecule has 2 rings (SSSR count). The van der Waals surface area contributed by atoms with Crippen LogP contribution >= 0.6 is 0 Å². The highest BCUT2D eigenvalue weighted by Gasteiger charge is 2.31. The smallest absolute Gasteiger partial charge is 0.0601 e. The summed E-state index contributed by atoms with van der Waals surface area (Å²) in [6.45, 7) is 6.16. The number of nitrogens with one attached hydrogen (secondary N) is 1. The first-order valence-electron chi connectivity index (χ1n) is 7.33. The lowest BCUT2D eigenvalue weighted by Gasteiger charge is -2.40. The Bertz CT molecular complexity index is 208. The lowest BCUT2D eigenvalue weighted by atomic mass is 9.88. The molecule has 0 aromatic heterocycles. The lowest BCUT2D eigenvalue weighted by Crippen LogP contribution is -2.52. The number of rotatable bonds is 6. The van der Waals surface area contributed by atoms with Gasteiger partial charge in [0.25, 0.3) is 0 Å². The summed E-state index contributed by atoms with van der Waals surface area (Å²) in [7, 11) is 1.83. The van der Waals surface area contributed by atoms with Gasteiger partial charge in [-0.15, -0.1) is 0 Å². The van der Waals surface area contributed by atoms with Gasteiger partial charge in [0, 0.05) is 19.2 Å². The van der Waals surface area contributed by atoms with Crippen LogP contribution in [0.25, 0.3) is 0 Å². The van der Waals surface area contributed by atoms with Crippen molar-refractivity contribution in [1.29, 1.82) is 0 Å². The van der Waals surface area contributed by atoms with Crippen molar-refractivity contribution in [2.24, 2.45) is 0 Å². The van der Waals surface area contributed by atoms with Crippen LogP contribution in [0.15, 0.2) is 0 Å². The maximum absolute atomic E-state index is 5.32. The molecule has 1 N–H and O–H groups in total. The molecular weight excluding hydrogens is 212 g/mol. The number of hydrogen-bond acceptors (Lipinski definition) is 3. The number of hydrogen-bond donors (Lipinski definition) is 1. The minimum atomic E-state index is 0.525. The number of likely N-dealkylation sites (tertiary alicyclic amines) is 1. The van der Waals surface area contributed by atoms with Crippen molar-refractivity contribution < 1.29 is 4.74 Å². The normalized spacial score (nSPS) is 31.4. The molecule has 0 radical (unpaired) electrons. The predicted octanol–water partition coefficient (Wildman–Crippen LogP) is 2.02. The van der Waals surface area contributed by atoms with E-state index in [-0.39, 0.29) is 0 Å². The van der Waals surface area contributed by atoms with Crippen LogP contribution < -0.4 is 5.32 Å². The van der Waals surface area contributed by atoms with E-state index in [0.717, 1.165) is 12.1 Å². The molecular formula is C14H28N2O. The van der Waals surface area contributed by atoms with Gasteiger partial charge in [-0.25, -0.2) is 0 Å². The molecule has 3 nitrogen and oxygen atoms in total. The van der Waals surface area contributed by atoms with Gasteiger partial charge < -0.3 is 15.0 Å². The van der Waals surface area contributed by atoms with Crippen molar-refractivity contribution in [3.8, 4) is 0 Å². The Morgan fingerprint density at radius 1 is 1.18 bits per heavy atom. The Morgan fingerprint density at radius 2 is 1.88 bits per heavy atom. The molecule has 0 spiro atoms. The van der Waals surface area contributed by atoms with Gasteiger partial charge in [-0.3, -0.25) is 0 Å². The molecule has 1 aliphatic carbocycles. The van der Waals surface area contributed by atoms with Crippen LogP contribution in [0.4, 0.5) is 0 Å². The molecule has 2 aliphatic rings. The molecule has 0 unspecified atom stereocenters. The van der Waals surface area contributed by atoms with E-state index in [1.807, 2.05) is 7.11 Å². The summed E-state index contributed by atoms with van der Waals surface area (Å²) >= 11 is 0. The van der Waals surface area contributed by atoms with Gasteiger partial charge in [-0.05, 0) is 51.7 Å². The molecule has 17 heavy (non-hydrogen) atoms. The number of nitrogens with zero attached hydrogens (tertiary/aromatic N) is 1. The van der Waals surface area contributed by atoms with Crippen molar-refractivity contribution >= 4 is 0 Å². The van der Waals surface area contributed by atoms with Crippen LogP contribution in [0, 0.1) is 0 Å². The second-order valence-electron chi connectivity index (χ2n) is 5.66. The van der Waals surface area contributed by atoms with Crippen LogP contribution in [0.5, 0.6) is 0 Å². The van der Waals surface area contributed by atoms with E-state index >= 15 is 0 Å². The third-order valence-electron chi connectivity index (χ3n) is 4.32. The van der Waals surface area contributed by atoms with Gasteiger partial charge in [0.2, 0.25) is 0 Å². The summed E-state index contributed by atoms with van der Waals surface area (Å²) in [5.74, 6) is 0. The average molecular weight is 240 g/mol. The summed E-state index contributed by atoms with van der Waals surface area (Å²) in [4.78, 5) is 2.63. The maximum atomic E-state index is 5.32. The van der Waals surface area contributed by atoms with Gasteiger partial charge in [0.05, 0.1) is 6.10 Å². The molecule has 0 atom stereocenters. The first-order valence-corrected chi connectivity index (χ1v) is 7.33. The summed E-state index contributed by atoms with van der Waals surface area (Å²) in [5, 5.41) is 3.79. The molecule has 1 heterocycles. The molecule has 0 aromatic rings. The van der Waals surface area contributed by atoms with Crippen molar-refractivity contribution in [3.05, 3.63) is 0 Å².